The number of nitrogens with one attached hydrogen (secondary N) is 1. The summed E-state index contributed by atoms with van der Waals surface area (Å²) in [5.74, 6) is 0.107. The molecule has 1 aliphatic rings. The highest BCUT2D eigenvalue weighted by molar-refractivity contribution is 5.96. The van der Waals surface area contributed by atoms with Crippen molar-refractivity contribution < 1.29 is 4.79 Å². The second-order valence-electron chi connectivity index (χ2n) is 4.20. The predicted molar refractivity (Wildman–Crippen MR) is 62.3 cm³/mol. The van der Waals surface area contributed by atoms with E-state index >= 15 is 0 Å². The lowest BCUT2D eigenvalue weighted by Crippen LogP contribution is -2.42. The molecule has 1 aromatic carbocycles. The number of hydrogen-bond acceptors (Lipinski definition) is 2. The van der Waals surface area contributed by atoms with Crippen LogP contribution in [-0.2, 0) is 4.79 Å². The van der Waals surface area contributed by atoms with E-state index in [1.54, 1.807) is 6.92 Å². The lowest BCUT2D eigenvalue weighted by atomic mass is 10.1. The topological polar surface area (TPSA) is 32.3 Å². The highest BCUT2D eigenvalue weighted by atomic mass is 16.2. The fourth-order valence-corrected chi connectivity index (χ4v) is 1.97. The number of aryl methyl sites for hydroxylation is 1. The lowest BCUT2D eigenvalue weighted by Gasteiger charge is -2.34. The molecule has 1 aromatic rings. The molecule has 1 amide bonds. The summed E-state index contributed by atoms with van der Waals surface area (Å²) < 4.78 is 0. The van der Waals surface area contributed by atoms with Gasteiger partial charge in [0.25, 0.3) is 0 Å². The van der Waals surface area contributed by atoms with Gasteiger partial charge in [0.2, 0.25) is 5.91 Å². The largest absolute Gasteiger partial charge is 0.379 e. The fourth-order valence-electron chi connectivity index (χ4n) is 1.97. The number of rotatable bonds is 0. The zero-order valence-corrected chi connectivity index (χ0v) is 9.37. The number of hydrogen-bond donors (Lipinski definition) is 1. The number of carbonyl (C=O) groups is 1. The van der Waals surface area contributed by atoms with Crippen LogP contribution in [0.4, 0.5) is 11.4 Å². The molecular formula is C12H16N2O. The Morgan fingerprint density at radius 2 is 2.27 bits per heavy atom. The van der Waals surface area contributed by atoms with Crippen molar-refractivity contribution in [2.45, 2.75) is 26.8 Å². The van der Waals surface area contributed by atoms with Crippen LogP contribution in [-0.4, -0.2) is 18.5 Å². The van der Waals surface area contributed by atoms with Crippen molar-refractivity contribution in [1.29, 1.82) is 0 Å². The van der Waals surface area contributed by atoms with Gasteiger partial charge in [0.1, 0.15) is 0 Å². The summed E-state index contributed by atoms with van der Waals surface area (Å²) in [5.41, 5.74) is 3.23. The standard InChI is InChI=1S/C12H16N2O/c1-8-4-5-11-12(6-8)14(10(3)15)7-9(2)13-11/h4-6,9,13H,7H2,1-3H3/t9-/m0/s1. The molecule has 0 saturated heterocycles. The SMILES string of the molecule is CC(=O)N1C[C@H](C)Nc2ccc(C)cc21. The first-order valence-electron chi connectivity index (χ1n) is 5.23. The van der Waals surface area contributed by atoms with Gasteiger partial charge in [-0.05, 0) is 31.5 Å². The Morgan fingerprint density at radius 3 is 2.93 bits per heavy atom. The number of benzene rings is 1. The van der Waals surface area contributed by atoms with E-state index in [0.29, 0.717) is 6.04 Å². The second kappa shape index (κ2) is 3.57. The average Bonchev–Trinajstić information content (AvgIpc) is 2.17. The molecule has 0 fully saturated rings. The Morgan fingerprint density at radius 1 is 1.53 bits per heavy atom. The summed E-state index contributed by atoms with van der Waals surface area (Å²) >= 11 is 0. The molecule has 0 unspecified atom stereocenters. The normalized spacial score (nSPS) is 19.4. The van der Waals surface area contributed by atoms with E-state index in [0.717, 1.165) is 17.9 Å². The molecule has 0 aliphatic carbocycles. The molecule has 0 bridgehead atoms. The van der Waals surface area contributed by atoms with Crippen LogP contribution in [0.25, 0.3) is 0 Å². The van der Waals surface area contributed by atoms with Crippen LogP contribution in [0.1, 0.15) is 19.4 Å². The average molecular weight is 204 g/mol. The van der Waals surface area contributed by atoms with E-state index in [2.05, 4.69) is 24.4 Å². The smallest absolute Gasteiger partial charge is 0.223 e. The summed E-state index contributed by atoms with van der Waals surface area (Å²) in [6.45, 7) is 6.48. The number of nitrogens with zero attached hydrogens (tertiary/aromatic N) is 1. The number of anilines is 2. The Labute approximate surface area is 90.1 Å². The Bertz CT molecular complexity index is 401. The van der Waals surface area contributed by atoms with E-state index in [9.17, 15) is 4.79 Å². The van der Waals surface area contributed by atoms with Crippen LogP contribution < -0.4 is 10.2 Å². The first-order valence-corrected chi connectivity index (χ1v) is 5.23. The molecule has 0 aromatic heterocycles. The van der Waals surface area contributed by atoms with Gasteiger partial charge in [-0.25, -0.2) is 0 Å². The molecule has 1 heterocycles. The maximum Gasteiger partial charge on any atom is 0.223 e. The monoisotopic (exact) mass is 204 g/mol. The van der Waals surface area contributed by atoms with Crippen molar-refractivity contribution in [2.75, 3.05) is 16.8 Å². The van der Waals surface area contributed by atoms with Gasteiger partial charge in [0.05, 0.1) is 11.4 Å². The number of carbonyl (C=O) groups excluding carboxylic acids is 1. The summed E-state index contributed by atoms with van der Waals surface area (Å²) in [7, 11) is 0. The molecule has 0 saturated carbocycles. The van der Waals surface area contributed by atoms with Gasteiger partial charge in [-0.3, -0.25) is 4.79 Å². The zero-order chi connectivity index (χ0) is 11.0. The molecule has 3 nitrogen and oxygen atoms in total. The van der Waals surface area contributed by atoms with Gasteiger partial charge in [-0.1, -0.05) is 6.07 Å². The molecule has 0 radical (unpaired) electrons. The van der Waals surface area contributed by atoms with E-state index < -0.39 is 0 Å². The third-order valence-corrected chi connectivity index (χ3v) is 2.68. The first kappa shape index (κ1) is 10.0. The highest BCUT2D eigenvalue weighted by Crippen LogP contribution is 2.31. The fraction of sp³-hybridized carbons (Fsp3) is 0.417. The van der Waals surface area contributed by atoms with E-state index in [-0.39, 0.29) is 5.91 Å². The van der Waals surface area contributed by atoms with Gasteiger partial charge >= 0.3 is 0 Å². The maximum atomic E-state index is 11.5. The van der Waals surface area contributed by atoms with Crippen molar-refractivity contribution in [3.63, 3.8) is 0 Å². The van der Waals surface area contributed by atoms with Gasteiger partial charge in [0, 0.05) is 19.5 Å². The minimum absolute atomic E-state index is 0.107. The number of fused-ring (bicyclic) bond motifs is 1. The van der Waals surface area contributed by atoms with Crippen molar-refractivity contribution in [1.82, 2.24) is 0 Å². The lowest BCUT2D eigenvalue weighted by molar-refractivity contribution is -0.116. The third kappa shape index (κ3) is 1.82. The van der Waals surface area contributed by atoms with Crippen LogP contribution in [0.3, 0.4) is 0 Å². The summed E-state index contributed by atoms with van der Waals surface area (Å²) in [6.07, 6.45) is 0. The quantitative estimate of drug-likeness (QED) is 0.702. The van der Waals surface area contributed by atoms with Crippen molar-refractivity contribution in [2.24, 2.45) is 0 Å². The van der Waals surface area contributed by atoms with Gasteiger partial charge in [-0.2, -0.15) is 0 Å². The molecule has 1 atom stereocenters. The van der Waals surface area contributed by atoms with Crippen LogP contribution in [0.2, 0.25) is 0 Å². The van der Waals surface area contributed by atoms with Crippen molar-refractivity contribution in [3.05, 3.63) is 23.8 Å². The highest BCUT2D eigenvalue weighted by Gasteiger charge is 2.23. The minimum Gasteiger partial charge on any atom is -0.379 e. The van der Waals surface area contributed by atoms with Gasteiger partial charge in [-0.15, -0.1) is 0 Å². The molecule has 80 valence electrons. The third-order valence-electron chi connectivity index (χ3n) is 2.68. The van der Waals surface area contributed by atoms with Crippen LogP contribution in [0.5, 0.6) is 0 Å². The summed E-state index contributed by atoms with van der Waals surface area (Å²) in [6, 6.07) is 6.46. The Kier molecular flexibility index (Phi) is 2.39. The molecule has 0 spiro atoms. The zero-order valence-electron chi connectivity index (χ0n) is 9.37. The molecule has 1 N–H and O–H groups in total. The summed E-state index contributed by atoms with van der Waals surface area (Å²) in [5, 5.41) is 3.38. The van der Waals surface area contributed by atoms with E-state index in [4.69, 9.17) is 0 Å². The van der Waals surface area contributed by atoms with Crippen LogP contribution in [0, 0.1) is 6.92 Å². The molecule has 2 rings (SSSR count). The minimum atomic E-state index is 0.107. The predicted octanol–water partition coefficient (Wildman–Crippen LogP) is 2.16. The van der Waals surface area contributed by atoms with Gasteiger partial charge < -0.3 is 10.2 Å². The van der Waals surface area contributed by atoms with Gasteiger partial charge in [0.15, 0.2) is 0 Å². The van der Waals surface area contributed by atoms with Crippen molar-refractivity contribution in [3.8, 4) is 0 Å². The van der Waals surface area contributed by atoms with E-state index in [1.807, 2.05) is 17.9 Å². The first-order chi connectivity index (χ1) is 7.08. The Balaban J connectivity index is 2.47. The van der Waals surface area contributed by atoms with Crippen LogP contribution >= 0.6 is 0 Å². The molecular weight excluding hydrogens is 188 g/mol. The van der Waals surface area contributed by atoms with E-state index in [1.165, 1.54) is 5.56 Å². The molecule has 15 heavy (non-hydrogen) atoms. The van der Waals surface area contributed by atoms with Crippen molar-refractivity contribution >= 4 is 17.3 Å². The number of amides is 1. The molecule has 3 heteroatoms. The molecule has 1 aliphatic heterocycles. The van der Waals surface area contributed by atoms with Crippen LogP contribution in [0.15, 0.2) is 18.2 Å². The second-order valence-corrected chi connectivity index (χ2v) is 4.20. The Hall–Kier alpha value is -1.51. The summed E-state index contributed by atoms with van der Waals surface area (Å²) in [4.78, 5) is 13.4. The maximum absolute atomic E-state index is 11.5.